The highest BCUT2D eigenvalue weighted by atomic mass is 19.1. The van der Waals surface area contributed by atoms with E-state index in [9.17, 15) is 9.18 Å². The van der Waals surface area contributed by atoms with Gasteiger partial charge in [0.25, 0.3) is 0 Å². The maximum Gasteiger partial charge on any atom is 0.336 e. The number of fused-ring (bicyclic) bond motifs is 1. The van der Waals surface area contributed by atoms with Gasteiger partial charge in [0.05, 0.1) is 5.56 Å². The molecule has 0 aliphatic heterocycles. The largest absolute Gasteiger partial charge is 0.478 e. The third-order valence-electron chi connectivity index (χ3n) is 2.58. The van der Waals surface area contributed by atoms with E-state index in [1.807, 2.05) is 0 Å². The molecular weight excluding hydrogens is 185 g/mol. The summed E-state index contributed by atoms with van der Waals surface area (Å²) in [6, 6.07) is 2.16. The molecule has 0 aromatic heterocycles. The minimum Gasteiger partial charge on any atom is -0.478 e. The molecule has 0 amide bonds. The van der Waals surface area contributed by atoms with Crippen LogP contribution in [0.5, 0.6) is 0 Å². The molecule has 1 unspecified atom stereocenters. The van der Waals surface area contributed by atoms with E-state index in [-0.39, 0.29) is 11.6 Å². The molecule has 1 atom stereocenters. The second-order valence-electron chi connectivity index (χ2n) is 3.47. The molecule has 0 fully saturated rings. The summed E-state index contributed by atoms with van der Waals surface area (Å²) in [4.78, 5) is 10.8. The Hall–Kier alpha value is -1.42. The summed E-state index contributed by atoms with van der Waals surface area (Å²) in [5.41, 5.74) is 7.10. The lowest BCUT2D eigenvalue weighted by atomic mass is 10.0. The second kappa shape index (κ2) is 3.06. The van der Waals surface area contributed by atoms with Crippen LogP contribution >= 0.6 is 0 Å². The molecule has 14 heavy (non-hydrogen) atoms. The number of hydrogen-bond donors (Lipinski definition) is 2. The normalized spacial score (nSPS) is 19.4. The first-order valence-electron chi connectivity index (χ1n) is 4.41. The molecule has 0 radical (unpaired) electrons. The number of benzene rings is 1. The standard InChI is InChI=1S/C10H10FNO2/c11-5-3-7-6(1-2-9(7)12)8(4-5)10(13)14/h3-4,9H,1-2,12H2,(H,13,14). The van der Waals surface area contributed by atoms with Gasteiger partial charge in [0.1, 0.15) is 5.82 Å². The van der Waals surface area contributed by atoms with Crippen molar-refractivity contribution in [3.05, 3.63) is 34.6 Å². The zero-order valence-electron chi connectivity index (χ0n) is 7.46. The van der Waals surface area contributed by atoms with Crippen LogP contribution < -0.4 is 5.73 Å². The number of rotatable bonds is 1. The molecule has 1 aliphatic carbocycles. The van der Waals surface area contributed by atoms with Gasteiger partial charge in [-0.2, -0.15) is 0 Å². The monoisotopic (exact) mass is 195 g/mol. The highest BCUT2D eigenvalue weighted by Gasteiger charge is 2.25. The smallest absolute Gasteiger partial charge is 0.336 e. The average molecular weight is 195 g/mol. The highest BCUT2D eigenvalue weighted by molar-refractivity contribution is 5.90. The van der Waals surface area contributed by atoms with Crippen LogP contribution in [0.2, 0.25) is 0 Å². The molecular formula is C10H10FNO2. The maximum atomic E-state index is 13.0. The summed E-state index contributed by atoms with van der Waals surface area (Å²) in [5.74, 6) is -1.62. The van der Waals surface area contributed by atoms with E-state index in [0.29, 0.717) is 24.0 Å². The Balaban J connectivity index is 2.63. The first-order valence-corrected chi connectivity index (χ1v) is 4.41. The molecule has 0 bridgehead atoms. The van der Waals surface area contributed by atoms with Crippen LogP contribution in [0.25, 0.3) is 0 Å². The van der Waals surface area contributed by atoms with Crippen molar-refractivity contribution in [2.45, 2.75) is 18.9 Å². The van der Waals surface area contributed by atoms with Crippen molar-refractivity contribution in [3.63, 3.8) is 0 Å². The van der Waals surface area contributed by atoms with E-state index in [2.05, 4.69) is 0 Å². The van der Waals surface area contributed by atoms with Gasteiger partial charge < -0.3 is 10.8 Å². The minimum atomic E-state index is -1.09. The van der Waals surface area contributed by atoms with Crippen LogP contribution in [0.15, 0.2) is 12.1 Å². The third-order valence-corrected chi connectivity index (χ3v) is 2.58. The Morgan fingerprint density at radius 1 is 1.57 bits per heavy atom. The van der Waals surface area contributed by atoms with Gasteiger partial charge in [0.15, 0.2) is 0 Å². The average Bonchev–Trinajstić information content (AvgIpc) is 2.47. The summed E-state index contributed by atoms with van der Waals surface area (Å²) in [5, 5.41) is 8.85. The number of carbonyl (C=O) groups is 1. The number of hydrogen-bond acceptors (Lipinski definition) is 2. The molecule has 1 aliphatic rings. The van der Waals surface area contributed by atoms with Gasteiger partial charge in [-0.25, -0.2) is 9.18 Å². The zero-order chi connectivity index (χ0) is 10.3. The molecule has 2 rings (SSSR count). The lowest BCUT2D eigenvalue weighted by Crippen LogP contribution is -2.08. The van der Waals surface area contributed by atoms with E-state index in [0.717, 1.165) is 6.07 Å². The number of nitrogens with two attached hydrogens (primary N) is 1. The zero-order valence-corrected chi connectivity index (χ0v) is 7.46. The third kappa shape index (κ3) is 1.28. The molecule has 3 nitrogen and oxygen atoms in total. The molecule has 0 saturated carbocycles. The number of carboxylic acids is 1. The Bertz CT molecular complexity index is 403. The fourth-order valence-corrected chi connectivity index (χ4v) is 1.91. The Morgan fingerprint density at radius 2 is 2.29 bits per heavy atom. The number of carboxylic acid groups (broad SMARTS) is 1. The first-order chi connectivity index (χ1) is 6.59. The fraction of sp³-hybridized carbons (Fsp3) is 0.300. The van der Waals surface area contributed by atoms with Crippen molar-refractivity contribution in [1.29, 1.82) is 0 Å². The summed E-state index contributed by atoms with van der Waals surface area (Å²) < 4.78 is 13.0. The van der Waals surface area contributed by atoms with Crippen LogP contribution in [0.1, 0.15) is 33.9 Å². The van der Waals surface area contributed by atoms with Gasteiger partial charge in [0, 0.05) is 6.04 Å². The molecule has 4 heteroatoms. The fourth-order valence-electron chi connectivity index (χ4n) is 1.91. The van der Waals surface area contributed by atoms with Gasteiger partial charge in [-0.3, -0.25) is 0 Å². The second-order valence-corrected chi connectivity index (χ2v) is 3.47. The minimum absolute atomic E-state index is 0.0490. The predicted molar refractivity (Wildman–Crippen MR) is 48.6 cm³/mol. The summed E-state index contributed by atoms with van der Waals surface area (Å²) in [6.45, 7) is 0. The lowest BCUT2D eigenvalue weighted by molar-refractivity contribution is 0.0695. The summed E-state index contributed by atoms with van der Waals surface area (Å²) >= 11 is 0. The predicted octanol–water partition coefficient (Wildman–Crippen LogP) is 1.47. The van der Waals surface area contributed by atoms with Crippen LogP contribution in [0.4, 0.5) is 4.39 Å². The van der Waals surface area contributed by atoms with Crippen LogP contribution in [-0.4, -0.2) is 11.1 Å². The van der Waals surface area contributed by atoms with Crippen LogP contribution in [0.3, 0.4) is 0 Å². The quantitative estimate of drug-likeness (QED) is 0.713. The molecule has 0 spiro atoms. The highest BCUT2D eigenvalue weighted by Crippen LogP contribution is 2.32. The van der Waals surface area contributed by atoms with Gasteiger partial charge in [-0.15, -0.1) is 0 Å². The Kier molecular flexibility index (Phi) is 2.00. The van der Waals surface area contributed by atoms with Crippen LogP contribution in [-0.2, 0) is 6.42 Å². The summed E-state index contributed by atoms with van der Waals surface area (Å²) in [6.07, 6.45) is 1.32. The van der Waals surface area contributed by atoms with Gasteiger partial charge in [0.2, 0.25) is 0 Å². The Labute approximate surface area is 80.3 Å². The maximum absolute atomic E-state index is 13.0. The van der Waals surface area contributed by atoms with E-state index >= 15 is 0 Å². The number of halogens is 1. The van der Waals surface area contributed by atoms with E-state index in [1.165, 1.54) is 6.07 Å². The van der Waals surface area contributed by atoms with Crippen molar-refractivity contribution >= 4 is 5.97 Å². The Morgan fingerprint density at radius 3 is 2.93 bits per heavy atom. The van der Waals surface area contributed by atoms with Gasteiger partial charge >= 0.3 is 5.97 Å². The lowest BCUT2D eigenvalue weighted by Gasteiger charge is -2.06. The topological polar surface area (TPSA) is 63.3 Å². The van der Waals surface area contributed by atoms with Crippen molar-refractivity contribution < 1.29 is 14.3 Å². The van der Waals surface area contributed by atoms with Crippen molar-refractivity contribution in [3.8, 4) is 0 Å². The molecule has 3 N–H and O–H groups in total. The first kappa shape index (κ1) is 9.15. The number of aromatic carboxylic acids is 1. The van der Waals surface area contributed by atoms with Gasteiger partial charge in [-0.1, -0.05) is 0 Å². The molecule has 74 valence electrons. The van der Waals surface area contributed by atoms with Crippen molar-refractivity contribution in [1.82, 2.24) is 0 Å². The van der Waals surface area contributed by atoms with E-state index < -0.39 is 11.8 Å². The molecule has 0 saturated heterocycles. The summed E-state index contributed by atoms with van der Waals surface area (Å²) in [7, 11) is 0. The van der Waals surface area contributed by atoms with Crippen LogP contribution in [0, 0.1) is 5.82 Å². The van der Waals surface area contributed by atoms with Gasteiger partial charge in [-0.05, 0) is 36.1 Å². The van der Waals surface area contributed by atoms with E-state index in [1.54, 1.807) is 0 Å². The van der Waals surface area contributed by atoms with E-state index in [4.69, 9.17) is 10.8 Å². The van der Waals surface area contributed by atoms with Crippen molar-refractivity contribution in [2.75, 3.05) is 0 Å². The van der Waals surface area contributed by atoms with Crippen molar-refractivity contribution in [2.24, 2.45) is 5.73 Å². The molecule has 1 aromatic rings. The SMILES string of the molecule is NC1CCc2c(C(=O)O)cc(F)cc21. The molecule has 1 aromatic carbocycles. The molecule has 0 heterocycles.